The molecule has 1 aliphatic rings. The molecule has 1 aliphatic heterocycles. The topological polar surface area (TPSA) is 107 Å². The van der Waals surface area contributed by atoms with E-state index in [4.69, 9.17) is 14.4 Å². The summed E-state index contributed by atoms with van der Waals surface area (Å²) in [6, 6.07) is 6.44. The molecule has 0 unspecified atom stereocenters. The van der Waals surface area contributed by atoms with Crippen LogP contribution in [0.15, 0.2) is 32.3 Å². The molecule has 0 atom stereocenters. The van der Waals surface area contributed by atoms with Gasteiger partial charge in [0, 0.05) is 17.4 Å². The average Bonchev–Trinajstić information content (AvgIpc) is 2.60. The van der Waals surface area contributed by atoms with Crippen molar-refractivity contribution in [1.29, 1.82) is 5.26 Å². The Morgan fingerprint density at radius 1 is 1.41 bits per heavy atom. The van der Waals surface area contributed by atoms with Crippen molar-refractivity contribution in [2.24, 2.45) is 0 Å². The van der Waals surface area contributed by atoms with E-state index in [-0.39, 0.29) is 12.2 Å². The number of allylic oxidation sites excluding steroid dienone is 1. The van der Waals surface area contributed by atoms with Gasteiger partial charge in [-0.2, -0.15) is 13.7 Å². The van der Waals surface area contributed by atoms with E-state index in [1.54, 1.807) is 18.2 Å². The highest BCUT2D eigenvalue weighted by Gasteiger charge is 2.19. The van der Waals surface area contributed by atoms with E-state index in [1.165, 1.54) is 13.0 Å². The number of hydrogen-bond donors (Lipinski definition) is 0. The molecule has 0 saturated carbocycles. The van der Waals surface area contributed by atoms with Gasteiger partial charge in [0.1, 0.15) is 11.7 Å². The summed E-state index contributed by atoms with van der Waals surface area (Å²) >= 11 is 0. The fourth-order valence-corrected chi connectivity index (χ4v) is 3.37. The van der Waals surface area contributed by atoms with Gasteiger partial charge in [-0.25, -0.2) is 4.79 Å². The van der Waals surface area contributed by atoms with Crippen LogP contribution in [-0.4, -0.2) is 21.6 Å². The van der Waals surface area contributed by atoms with Crippen LogP contribution in [0.5, 0.6) is 0 Å². The van der Waals surface area contributed by atoms with E-state index in [2.05, 4.69) is 16.0 Å². The molecule has 0 saturated heterocycles. The summed E-state index contributed by atoms with van der Waals surface area (Å²) in [6.07, 6.45) is 1.57. The third-order valence-corrected chi connectivity index (χ3v) is 5.07. The van der Waals surface area contributed by atoms with Gasteiger partial charge in [0.25, 0.3) is 0 Å². The lowest BCUT2D eigenvalue weighted by molar-refractivity contribution is 0.126. The molecule has 2 aromatic rings. The van der Waals surface area contributed by atoms with Crippen molar-refractivity contribution in [3.63, 3.8) is 0 Å². The van der Waals surface area contributed by atoms with Crippen molar-refractivity contribution < 1.29 is 21.8 Å². The number of nitrogens with zero attached hydrogens (tertiary/aromatic N) is 1. The smallest absolute Gasteiger partial charge is 0.343 e. The van der Waals surface area contributed by atoms with Crippen LogP contribution in [0.4, 0.5) is 0 Å². The summed E-state index contributed by atoms with van der Waals surface area (Å²) in [5.74, 6) is 6.00. The predicted molar refractivity (Wildman–Crippen MR) is 97.8 cm³/mol. The lowest BCUT2D eigenvalue weighted by Crippen LogP contribution is -2.10. The minimum atomic E-state index is -4.23. The van der Waals surface area contributed by atoms with Gasteiger partial charge in [0.2, 0.25) is 0 Å². The van der Waals surface area contributed by atoms with E-state index in [0.717, 1.165) is 11.6 Å². The summed E-state index contributed by atoms with van der Waals surface area (Å²) < 4.78 is 39.3. The molecule has 0 fully saturated rings. The van der Waals surface area contributed by atoms with E-state index in [1.807, 2.05) is 0 Å². The normalized spacial score (nSPS) is 14.4. The molecular formula is C19H15NO6S. The van der Waals surface area contributed by atoms with Gasteiger partial charge in [-0.3, -0.25) is 4.18 Å². The zero-order chi connectivity index (χ0) is 19.4. The monoisotopic (exact) mass is 385 g/mol. The molecule has 0 bridgehead atoms. The maximum absolute atomic E-state index is 12.2. The zero-order valence-electron chi connectivity index (χ0n) is 14.4. The van der Waals surface area contributed by atoms with Crippen molar-refractivity contribution in [3.8, 4) is 17.9 Å². The zero-order valence-corrected chi connectivity index (χ0v) is 15.3. The Hall–Kier alpha value is -2.91. The first-order valence-corrected chi connectivity index (χ1v) is 9.54. The Labute approximate surface area is 155 Å². The Morgan fingerprint density at radius 3 is 2.96 bits per heavy atom. The SMILES string of the molecule is CCOS(=O)(=O)C(C#N)=Cc1cc2cc3c(cc2oc1=O)C#CCCOC3. The third kappa shape index (κ3) is 4.09. The van der Waals surface area contributed by atoms with Crippen LogP contribution in [-0.2, 0) is 25.6 Å². The average molecular weight is 385 g/mol. The second-order valence-corrected chi connectivity index (χ2v) is 7.21. The second kappa shape index (κ2) is 7.77. The number of ether oxygens (including phenoxy) is 1. The Morgan fingerprint density at radius 2 is 2.22 bits per heavy atom. The molecule has 2 heterocycles. The summed E-state index contributed by atoms with van der Waals surface area (Å²) in [4.78, 5) is 11.6. The van der Waals surface area contributed by atoms with Gasteiger partial charge in [-0.05, 0) is 36.8 Å². The van der Waals surface area contributed by atoms with Crippen molar-refractivity contribution in [2.45, 2.75) is 20.0 Å². The first-order chi connectivity index (χ1) is 12.9. The van der Waals surface area contributed by atoms with Gasteiger partial charge >= 0.3 is 15.7 Å². The molecular weight excluding hydrogens is 370 g/mol. The molecule has 3 rings (SSSR count). The quantitative estimate of drug-likeness (QED) is 0.344. The molecule has 138 valence electrons. The van der Waals surface area contributed by atoms with E-state index >= 15 is 0 Å². The standard InChI is InChI=1S/C19H15NO6S/c1-2-25-27(22,23)17(11-20)9-15-7-14-8-16-12-24-6-4-3-5-13(16)10-18(14)26-19(15)21/h7-10H,2,4,6,12H2,1H3. The summed E-state index contributed by atoms with van der Waals surface area (Å²) in [5.41, 5.74) is 1.03. The molecule has 0 N–H and O–H groups in total. The van der Waals surface area contributed by atoms with Gasteiger partial charge in [0.15, 0.2) is 4.91 Å². The largest absolute Gasteiger partial charge is 0.422 e. The van der Waals surface area contributed by atoms with Crippen LogP contribution in [0, 0.1) is 23.2 Å². The van der Waals surface area contributed by atoms with Crippen molar-refractivity contribution in [3.05, 3.63) is 50.2 Å². The summed E-state index contributed by atoms with van der Waals surface area (Å²) in [5, 5.41) is 9.69. The van der Waals surface area contributed by atoms with Gasteiger partial charge < -0.3 is 9.15 Å². The van der Waals surface area contributed by atoms with Gasteiger partial charge in [-0.1, -0.05) is 11.8 Å². The van der Waals surface area contributed by atoms with E-state index in [0.29, 0.717) is 36.2 Å². The van der Waals surface area contributed by atoms with Crippen molar-refractivity contribution >= 4 is 27.2 Å². The molecule has 0 aliphatic carbocycles. The Balaban J connectivity index is 2.15. The van der Waals surface area contributed by atoms with E-state index in [9.17, 15) is 13.2 Å². The lowest BCUT2D eigenvalue weighted by Gasteiger charge is -2.09. The molecule has 8 heteroatoms. The first-order valence-electron chi connectivity index (χ1n) is 8.13. The van der Waals surface area contributed by atoms with Crippen LogP contribution < -0.4 is 5.63 Å². The number of fused-ring (bicyclic) bond motifs is 2. The van der Waals surface area contributed by atoms with Crippen LogP contribution in [0.1, 0.15) is 30.0 Å². The molecule has 1 aromatic heterocycles. The van der Waals surface area contributed by atoms with Crippen LogP contribution in [0.3, 0.4) is 0 Å². The number of benzene rings is 1. The fourth-order valence-electron chi connectivity index (χ4n) is 2.55. The lowest BCUT2D eigenvalue weighted by atomic mass is 10.0. The highest BCUT2D eigenvalue weighted by molar-refractivity contribution is 7.91. The Bertz CT molecular complexity index is 1190. The predicted octanol–water partition coefficient (Wildman–Crippen LogP) is 2.30. The van der Waals surface area contributed by atoms with E-state index < -0.39 is 20.6 Å². The molecule has 0 amide bonds. The second-order valence-electron chi connectivity index (χ2n) is 5.62. The Kier molecular flexibility index (Phi) is 5.43. The maximum Gasteiger partial charge on any atom is 0.343 e. The first kappa shape index (κ1) is 18.9. The number of hydrogen-bond acceptors (Lipinski definition) is 7. The molecule has 0 radical (unpaired) electrons. The summed E-state index contributed by atoms with van der Waals surface area (Å²) in [7, 11) is -4.23. The van der Waals surface area contributed by atoms with Crippen molar-refractivity contribution in [2.75, 3.05) is 13.2 Å². The fraction of sp³-hybridized carbons (Fsp3) is 0.263. The molecule has 7 nitrogen and oxygen atoms in total. The highest BCUT2D eigenvalue weighted by atomic mass is 32.2. The van der Waals surface area contributed by atoms with Crippen LogP contribution >= 0.6 is 0 Å². The molecule has 0 spiro atoms. The minimum Gasteiger partial charge on any atom is -0.422 e. The van der Waals surface area contributed by atoms with Gasteiger partial charge in [-0.15, -0.1) is 0 Å². The van der Waals surface area contributed by atoms with Crippen LogP contribution in [0.2, 0.25) is 0 Å². The summed E-state index contributed by atoms with van der Waals surface area (Å²) in [6.45, 7) is 2.26. The maximum atomic E-state index is 12.2. The third-order valence-electron chi connectivity index (χ3n) is 3.78. The van der Waals surface area contributed by atoms with Crippen molar-refractivity contribution in [1.82, 2.24) is 0 Å². The number of nitriles is 1. The highest BCUT2D eigenvalue weighted by Crippen LogP contribution is 2.22. The molecule has 1 aromatic carbocycles. The minimum absolute atomic E-state index is 0.0693. The van der Waals surface area contributed by atoms with Crippen LogP contribution in [0.25, 0.3) is 17.0 Å². The number of rotatable bonds is 4. The van der Waals surface area contributed by atoms with Gasteiger partial charge in [0.05, 0.1) is 25.4 Å². The molecule has 27 heavy (non-hydrogen) atoms.